The molecule has 0 aliphatic carbocycles. The zero-order chi connectivity index (χ0) is 15.0. The van der Waals surface area contributed by atoms with E-state index in [1.165, 1.54) is 0 Å². The van der Waals surface area contributed by atoms with Gasteiger partial charge in [-0.2, -0.15) is 0 Å². The first-order valence-electron chi connectivity index (χ1n) is 6.33. The lowest BCUT2D eigenvalue weighted by atomic mass is 10.1. The highest BCUT2D eigenvalue weighted by molar-refractivity contribution is 9.10. The van der Waals surface area contributed by atoms with Gasteiger partial charge in [-0.05, 0) is 22.9 Å². The molecule has 0 N–H and O–H groups in total. The number of hydrogen-bond acceptors (Lipinski definition) is 4. The number of amides is 2. The third-order valence-electron chi connectivity index (χ3n) is 3.27. The minimum Gasteiger partial charge on any atom is -0.325 e. The van der Waals surface area contributed by atoms with Crippen molar-refractivity contribution in [2.24, 2.45) is 0 Å². The first-order chi connectivity index (χ1) is 10.1. The fraction of sp³-hybridized carbons (Fsp3) is 0.133. The summed E-state index contributed by atoms with van der Waals surface area (Å²) in [6.45, 7) is 0. The van der Waals surface area contributed by atoms with Gasteiger partial charge < -0.3 is 4.84 Å². The molecule has 5 nitrogen and oxygen atoms in total. The second kappa shape index (κ2) is 5.29. The molecule has 6 heteroatoms. The van der Waals surface area contributed by atoms with Crippen molar-refractivity contribution in [2.75, 3.05) is 0 Å². The summed E-state index contributed by atoms with van der Waals surface area (Å²) < 4.78 is 0.850. The van der Waals surface area contributed by atoms with Gasteiger partial charge in [-0.3, -0.25) is 9.59 Å². The van der Waals surface area contributed by atoms with Gasteiger partial charge in [0, 0.05) is 17.3 Å². The van der Waals surface area contributed by atoms with Gasteiger partial charge in [0.1, 0.15) is 0 Å². The van der Waals surface area contributed by atoms with Crippen molar-refractivity contribution in [1.82, 2.24) is 5.06 Å². The number of imide groups is 1. The van der Waals surface area contributed by atoms with E-state index in [0.29, 0.717) is 16.0 Å². The van der Waals surface area contributed by atoms with Crippen LogP contribution < -0.4 is 0 Å². The minimum atomic E-state index is -0.720. The molecule has 1 saturated heterocycles. The van der Waals surface area contributed by atoms with Gasteiger partial charge in [0.05, 0.1) is 5.56 Å². The predicted molar refractivity (Wildman–Crippen MR) is 78.2 cm³/mol. The quantitative estimate of drug-likeness (QED) is 0.783. The third kappa shape index (κ3) is 2.42. The molecule has 0 unspecified atom stereocenters. The van der Waals surface area contributed by atoms with Crippen molar-refractivity contribution >= 4 is 44.5 Å². The molecule has 21 heavy (non-hydrogen) atoms. The first kappa shape index (κ1) is 13.8. The molecule has 3 rings (SSSR count). The highest BCUT2D eigenvalue weighted by atomic mass is 79.9. The Balaban J connectivity index is 1.97. The summed E-state index contributed by atoms with van der Waals surface area (Å²) in [5.74, 6) is -1.70. The van der Waals surface area contributed by atoms with Gasteiger partial charge >= 0.3 is 5.97 Å². The average molecular weight is 348 g/mol. The molecular weight excluding hydrogens is 338 g/mol. The zero-order valence-electron chi connectivity index (χ0n) is 10.8. The van der Waals surface area contributed by atoms with E-state index in [4.69, 9.17) is 4.84 Å². The van der Waals surface area contributed by atoms with E-state index >= 15 is 0 Å². The summed E-state index contributed by atoms with van der Waals surface area (Å²) in [5.41, 5.74) is 0.307. The van der Waals surface area contributed by atoms with Crippen LogP contribution in [0, 0.1) is 0 Å². The van der Waals surface area contributed by atoms with Crippen molar-refractivity contribution in [2.45, 2.75) is 12.8 Å². The lowest BCUT2D eigenvalue weighted by Gasteiger charge is -2.13. The first-order valence-corrected chi connectivity index (χ1v) is 7.12. The lowest BCUT2D eigenvalue weighted by Crippen LogP contribution is -2.32. The number of benzene rings is 2. The summed E-state index contributed by atoms with van der Waals surface area (Å²) in [7, 11) is 0. The van der Waals surface area contributed by atoms with Crippen LogP contribution in [0.4, 0.5) is 0 Å². The molecule has 106 valence electrons. The Hall–Kier alpha value is -2.21. The zero-order valence-corrected chi connectivity index (χ0v) is 12.4. The van der Waals surface area contributed by atoms with E-state index in [-0.39, 0.29) is 12.8 Å². The second-order valence-electron chi connectivity index (χ2n) is 4.60. The molecule has 2 aromatic rings. The fourth-order valence-electron chi connectivity index (χ4n) is 2.24. The summed E-state index contributed by atoms with van der Waals surface area (Å²) in [6, 6.07) is 10.6. The van der Waals surface area contributed by atoms with Crippen LogP contribution >= 0.6 is 15.9 Å². The highest BCUT2D eigenvalue weighted by Gasteiger charge is 2.33. The molecule has 2 aromatic carbocycles. The summed E-state index contributed by atoms with van der Waals surface area (Å²) >= 11 is 3.42. The molecule has 0 bridgehead atoms. The SMILES string of the molecule is O=C(ON1C(=O)CCC1=O)c1cccc2c(Br)cccc12. The number of halogens is 1. The summed E-state index contributed by atoms with van der Waals surface area (Å²) in [4.78, 5) is 40.2. The van der Waals surface area contributed by atoms with Gasteiger partial charge in [0.15, 0.2) is 0 Å². The predicted octanol–water partition coefficient (Wildman–Crippen LogP) is 2.82. The minimum absolute atomic E-state index is 0.0766. The molecule has 0 saturated carbocycles. The number of nitrogens with zero attached hydrogens (tertiary/aromatic N) is 1. The maximum atomic E-state index is 12.2. The van der Waals surface area contributed by atoms with Gasteiger partial charge in [0.2, 0.25) is 0 Å². The molecular formula is C15H10BrNO4. The van der Waals surface area contributed by atoms with Crippen LogP contribution in [0.25, 0.3) is 10.8 Å². The van der Waals surface area contributed by atoms with Gasteiger partial charge in [-0.15, -0.1) is 5.06 Å². The van der Waals surface area contributed by atoms with E-state index in [0.717, 1.165) is 9.86 Å². The maximum absolute atomic E-state index is 12.2. The normalized spacial score (nSPS) is 14.8. The average Bonchev–Trinajstić information content (AvgIpc) is 2.79. The smallest absolute Gasteiger partial charge is 0.325 e. The topological polar surface area (TPSA) is 63.7 Å². The number of hydrogen-bond donors (Lipinski definition) is 0. The number of fused-ring (bicyclic) bond motifs is 1. The summed E-state index contributed by atoms with van der Waals surface area (Å²) in [5, 5.41) is 2.10. The van der Waals surface area contributed by atoms with E-state index < -0.39 is 17.8 Å². The van der Waals surface area contributed by atoms with Crippen molar-refractivity contribution in [3.05, 3.63) is 46.4 Å². The van der Waals surface area contributed by atoms with Gasteiger partial charge in [-0.25, -0.2) is 4.79 Å². The molecule has 1 aliphatic rings. The number of hydroxylamine groups is 2. The van der Waals surface area contributed by atoms with Crippen LogP contribution in [0.15, 0.2) is 40.9 Å². The second-order valence-corrected chi connectivity index (χ2v) is 5.46. The van der Waals surface area contributed by atoms with Crippen LogP contribution in [-0.2, 0) is 14.4 Å². The van der Waals surface area contributed by atoms with Gasteiger partial charge in [-0.1, -0.05) is 40.2 Å². The molecule has 1 aliphatic heterocycles. The standard InChI is InChI=1S/C15H10BrNO4/c16-12-6-2-3-9-10(12)4-1-5-11(9)15(20)21-17-13(18)7-8-14(17)19/h1-6H,7-8H2. The fourth-order valence-corrected chi connectivity index (χ4v) is 2.74. The maximum Gasteiger partial charge on any atom is 0.364 e. The Bertz CT molecular complexity index is 755. The molecule has 0 spiro atoms. The third-order valence-corrected chi connectivity index (χ3v) is 3.96. The Morgan fingerprint density at radius 1 is 1.00 bits per heavy atom. The Kier molecular flexibility index (Phi) is 3.47. The van der Waals surface area contributed by atoms with Crippen LogP contribution in [0.2, 0.25) is 0 Å². The molecule has 1 fully saturated rings. The van der Waals surface area contributed by atoms with Crippen LogP contribution in [0.5, 0.6) is 0 Å². The van der Waals surface area contributed by atoms with Crippen LogP contribution in [-0.4, -0.2) is 22.8 Å². The highest BCUT2D eigenvalue weighted by Crippen LogP contribution is 2.27. The molecule has 1 heterocycles. The van der Waals surface area contributed by atoms with E-state index in [1.54, 1.807) is 24.3 Å². The number of carbonyl (C=O) groups excluding carboxylic acids is 3. The Morgan fingerprint density at radius 3 is 2.33 bits per heavy atom. The van der Waals surface area contributed by atoms with Gasteiger partial charge in [0.25, 0.3) is 11.8 Å². The monoisotopic (exact) mass is 347 g/mol. The van der Waals surface area contributed by atoms with Crippen LogP contribution in [0.1, 0.15) is 23.2 Å². The number of carbonyl (C=O) groups is 3. The molecule has 0 radical (unpaired) electrons. The Morgan fingerprint density at radius 2 is 1.62 bits per heavy atom. The van der Waals surface area contributed by atoms with Crippen LogP contribution in [0.3, 0.4) is 0 Å². The largest absolute Gasteiger partial charge is 0.364 e. The molecule has 0 atom stereocenters. The molecule has 0 aromatic heterocycles. The lowest BCUT2D eigenvalue weighted by molar-refractivity contribution is -0.172. The molecule has 2 amide bonds. The van der Waals surface area contributed by atoms with E-state index in [9.17, 15) is 14.4 Å². The van der Waals surface area contributed by atoms with Crippen molar-refractivity contribution < 1.29 is 19.2 Å². The Labute approximate surface area is 128 Å². The van der Waals surface area contributed by atoms with E-state index in [2.05, 4.69) is 15.9 Å². The van der Waals surface area contributed by atoms with E-state index in [1.807, 2.05) is 12.1 Å². The number of rotatable bonds is 2. The summed E-state index contributed by atoms with van der Waals surface area (Å²) in [6.07, 6.45) is 0.153. The van der Waals surface area contributed by atoms with Crippen molar-refractivity contribution in [3.8, 4) is 0 Å². The van der Waals surface area contributed by atoms with Crippen molar-refractivity contribution in [1.29, 1.82) is 0 Å². The van der Waals surface area contributed by atoms with Crippen molar-refractivity contribution in [3.63, 3.8) is 0 Å².